The summed E-state index contributed by atoms with van der Waals surface area (Å²) >= 11 is 0. The Balaban J connectivity index is 2.10. The second-order valence-corrected chi connectivity index (χ2v) is 8.14. The summed E-state index contributed by atoms with van der Waals surface area (Å²) in [6.45, 7) is -0.766. The number of fused-ring (bicyclic) bond motifs is 1. The predicted octanol–water partition coefficient (Wildman–Crippen LogP) is 2.54. The molecule has 0 bridgehead atoms. The van der Waals surface area contributed by atoms with Crippen LogP contribution < -0.4 is 9.04 Å². The lowest BCUT2D eigenvalue weighted by Crippen LogP contribution is -2.44. The van der Waals surface area contributed by atoms with Crippen molar-refractivity contribution in [1.82, 2.24) is 0 Å². The van der Waals surface area contributed by atoms with Crippen LogP contribution in [0.1, 0.15) is 17.5 Å². The Morgan fingerprint density at radius 2 is 1.89 bits per heavy atom. The first-order valence-corrected chi connectivity index (χ1v) is 9.82. The van der Waals surface area contributed by atoms with Crippen molar-refractivity contribution in [2.24, 2.45) is 0 Å². The molecule has 1 aliphatic rings. The highest BCUT2D eigenvalue weighted by Crippen LogP contribution is 2.39. The molecule has 2 aromatic carbocycles. The summed E-state index contributed by atoms with van der Waals surface area (Å²) in [6.07, 6.45) is -5.20. The van der Waals surface area contributed by atoms with Gasteiger partial charge in [0.1, 0.15) is 11.9 Å². The first-order chi connectivity index (χ1) is 13.2. The lowest BCUT2D eigenvalue weighted by molar-refractivity contribution is -0.137. The van der Waals surface area contributed by atoms with Crippen molar-refractivity contribution in [3.63, 3.8) is 0 Å². The standard InChI is InChI=1S/C18H18F3NO5S/c19-18(20,21)13-2-1-3-15(9-13)28(25,26)22-10-14(6-7-23)27-17-5-4-12(11-24)8-16(17)22/h1-5,8-9,14,23-24H,6-7,10-11H2/t14-/m1/s1. The van der Waals surface area contributed by atoms with Gasteiger partial charge < -0.3 is 14.9 Å². The van der Waals surface area contributed by atoms with Crippen molar-refractivity contribution in [2.45, 2.75) is 30.2 Å². The van der Waals surface area contributed by atoms with Crippen LogP contribution in [0.4, 0.5) is 18.9 Å². The number of anilines is 1. The van der Waals surface area contributed by atoms with E-state index in [2.05, 4.69) is 0 Å². The van der Waals surface area contributed by atoms with Gasteiger partial charge in [-0.1, -0.05) is 12.1 Å². The number of benzene rings is 2. The Hall–Kier alpha value is -2.30. The molecular weight excluding hydrogens is 399 g/mol. The van der Waals surface area contributed by atoms with E-state index in [9.17, 15) is 31.8 Å². The molecule has 0 aromatic heterocycles. The highest BCUT2D eigenvalue weighted by molar-refractivity contribution is 7.92. The number of halogens is 3. The molecule has 152 valence electrons. The van der Waals surface area contributed by atoms with Gasteiger partial charge in [0.05, 0.1) is 29.3 Å². The van der Waals surface area contributed by atoms with Crippen molar-refractivity contribution in [3.05, 3.63) is 53.6 Å². The van der Waals surface area contributed by atoms with E-state index in [0.29, 0.717) is 11.6 Å². The van der Waals surface area contributed by atoms with Crippen LogP contribution in [-0.4, -0.2) is 37.9 Å². The van der Waals surface area contributed by atoms with Crippen molar-refractivity contribution < 1.29 is 36.5 Å². The fraction of sp³-hybridized carbons (Fsp3) is 0.333. The zero-order valence-corrected chi connectivity index (χ0v) is 15.4. The molecule has 0 fully saturated rings. The molecule has 10 heteroatoms. The third kappa shape index (κ3) is 3.94. The number of hydrogen-bond acceptors (Lipinski definition) is 5. The first kappa shape index (κ1) is 20.4. The van der Waals surface area contributed by atoms with Crippen molar-refractivity contribution in [3.8, 4) is 5.75 Å². The number of hydrogen-bond donors (Lipinski definition) is 2. The third-order valence-electron chi connectivity index (χ3n) is 4.34. The Morgan fingerprint density at radius 3 is 2.54 bits per heavy atom. The van der Waals surface area contributed by atoms with E-state index in [1.807, 2.05) is 0 Å². The summed E-state index contributed by atoms with van der Waals surface area (Å²) in [7, 11) is -4.34. The third-order valence-corrected chi connectivity index (χ3v) is 6.11. The highest BCUT2D eigenvalue weighted by Gasteiger charge is 2.36. The van der Waals surface area contributed by atoms with E-state index in [1.165, 1.54) is 12.1 Å². The molecule has 1 heterocycles. The molecule has 1 aliphatic heterocycles. The number of aliphatic hydroxyl groups excluding tert-OH is 2. The molecule has 0 aliphatic carbocycles. The Bertz CT molecular complexity index is 962. The maximum atomic E-state index is 13.2. The summed E-state index contributed by atoms with van der Waals surface area (Å²) in [5, 5.41) is 18.5. The van der Waals surface area contributed by atoms with Crippen LogP contribution in [-0.2, 0) is 22.8 Å². The number of nitrogens with zero attached hydrogens (tertiary/aromatic N) is 1. The minimum Gasteiger partial charge on any atom is -0.486 e. The van der Waals surface area contributed by atoms with E-state index < -0.39 is 32.8 Å². The zero-order chi connectivity index (χ0) is 20.5. The smallest absolute Gasteiger partial charge is 0.416 e. The molecule has 0 amide bonds. The van der Waals surface area contributed by atoms with Gasteiger partial charge in [-0.25, -0.2) is 8.42 Å². The summed E-state index contributed by atoms with van der Waals surface area (Å²) < 4.78 is 72.0. The van der Waals surface area contributed by atoms with Crippen LogP contribution in [0.5, 0.6) is 5.75 Å². The Morgan fingerprint density at radius 1 is 1.14 bits per heavy atom. The van der Waals surface area contributed by atoms with Gasteiger partial charge in [0, 0.05) is 13.0 Å². The van der Waals surface area contributed by atoms with Gasteiger partial charge in [-0.15, -0.1) is 0 Å². The van der Waals surface area contributed by atoms with Crippen molar-refractivity contribution in [1.29, 1.82) is 0 Å². The minimum atomic E-state index is -4.68. The van der Waals surface area contributed by atoms with Gasteiger partial charge in [-0.2, -0.15) is 13.2 Å². The fourth-order valence-electron chi connectivity index (χ4n) is 2.94. The van der Waals surface area contributed by atoms with Gasteiger partial charge in [-0.3, -0.25) is 4.31 Å². The van der Waals surface area contributed by atoms with Crippen LogP contribution >= 0.6 is 0 Å². The van der Waals surface area contributed by atoms with Crippen molar-refractivity contribution in [2.75, 3.05) is 17.5 Å². The van der Waals surface area contributed by atoms with E-state index in [1.54, 1.807) is 6.07 Å². The van der Waals surface area contributed by atoms with E-state index in [-0.39, 0.29) is 37.6 Å². The van der Waals surface area contributed by atoms with Gasteiger partial charge in [0.25, 0.3) is 10.0 Å². The largest absolute Gasteiger partial charge is 0.486 e. The quantitative estimate of drug-likeness (QED) is 0.781. The predicted molar refractivity (Wildman–Crippen MR) is 94.5 cm³/mol. The van der Waals surface area contributed by atoms with E-state index in [4.69, 9.17) is 4.74 Å². The monoisotopic (exact) mass is 417 g/mol. The van der Waals surface area contributed by atoms with E-state index >= 15 is 0 Å². The van der Waals surface area contributed by atoms with Crippen LogP contribution in [0.3, 0.4) is 0 Å². The molecule has 0 spiro atoms. The number of aliphatic hydroxyl groups is 2. The minimum absolute atomic E-state index is 0.123. The number of rotatable bonds is 5. The second-order valence-electron chi connectivity index (χ2n) is 6.27. The molecule has 0 saturated heterocycles. The summed E-state index contributed by atoms with van der Waals surface area (Å²) in [5.41, 5.74) is -0.525. The normalized spacial score (nSPS) is 17.2. The molecular formula is C18H18F3NO5S. The molecule has 0 radical (unpaired) electrons. The zero-order valence-electron chi connectivity index (χ0n) is 14.6. The number of sulfonamides is 1. The Kier molecular flexibility index (Phi) is 5.55. The average Bonchev–Trinajstić information content (AvgIpc) is 2.66. The maximum Gasteiger partial charge on any atom is 0.416 e. The SMILES string of the molecule is O=S(=O)(c1cccc(C(F)(F)F)c1)N1C[C@@H](CCO)Oc2ccc(CO)cc21. The molecule has 2 aromatic rings. The topological polar surface area (TPSA) is 87.1 Å². The fourth-order valence-corrected chi connectivity index (χ4v) is 4.48. The van der Waals surface area contributed by atoms with Crippen LogP contribution in [0.2, 0.25) is 0 Å². The molecule has 2 N–H and O–H groups in total. The lowest BCUT2D eigenvalue weighted by atomic mass is 10.1. The van der Waals surface area contributed by atoms with Gasteiger partial charge >= 0.3 is 6.18 Å². The van der Waals surface area contributed by atoms with Crippen LogP contribution in [0.15, 0.2) is 47.4 Å². The van der Waals surface area contributed by atoms with Crippen LogP contribution in [0.25, 0.3) is 0 Å². The molecule has 6 nitrogen and oxygen atoms in total. The number of alkyl halides is 3. The van der Waals surface area contributed by atoms with Gasteiger partial charge in [-0.05, 0) is 35.9 Å². The van der Waals surface area contributed by atoms with Gasteiger partial charge in [0.2, 0.25) is 0 Å². The average molecular weight is 417 g/mol. The summed E-state index contributed by atoms with van der Waals surface area (Å²) in [5.74, 6) is 0.206. The Labute approximate surface area is 159 Å². The number of ether oxygens (including phenoxy) is 1. The molecule has 0 unspecified atom stereocenters. The summed E-state index contributed by atoms with van der Waals surface area (Å²) in [6, 6.07) is 7.96. The van der Waals surface area contributed by atoms with Crippen LogP contribution in [0, 0.1) is 0 Å². The highest BCUT2D eigenvalue weighted by atomic mass is 32.2. The first-order valence-electron chi connectivity index (χ1n) is 8.38. The second kappa shape index (κ2) is 7.61. The van der Waals surface area contributed by atoms with Gasteiger partial charge in [0.15, 0.2) is 0 Å². The molecule has 3 rings (SSSR count). The lowest BCUT2D eigenvalue weighted by Gasteiger charge is -2.35. The van der Waals surface area contributed by atoms with E-state index in [0.717, 1.165) is 22.5 Å². The summed E-state index contributed by atoms with van der Waals surface area (Å²) in [4.78, 5) is -0.507. The van der Waals surface area contributed by atoms with Crippen molar-refractivity contribution >= 4 is 15.7 Å². The molecule has 1 atom stereocenters. The molecule has 0 saturated carbocycles. The molecule has 28 heavy (non-hydrogen) atoms. The maximum absolute atomic E-state index is 13.2.